The number of nitrogens with one attached hydrogen (secondary N) is 2. The van der Waals surface area contributed by atoms with Crippen molar-refractivity contribution in [3.05, 3.63) is 95.8 Å². The zero-order valence-corrected chi connectivity index (χ0v) is 16.0. The maximum absolute atomic E-state index is 12.2. The van der Waals surface area contributed by atoms with Gasteiger partial charge in [0.15, 0.2) is 0 Å². The quantitative estimate of drug-likeness (QED) is 0.564. The number of nitrogens with zero attached hydrogens (tertiary/aromatic N) is 1. The molecule has 3 rings (SSSR count). The maximum atomic E-state index is 12.2. The van der Waals surface area contributed by atoms with Crippen LogP contribution in [0.5, 0.6) is 5.75 Å². The standard InChI is InChI=1S/C23H25N3O2/c1-18-8-7-11-20(16-18)28-15-14-25-22(27)17-26-23(19-9-3-2-4-10-19)21-12-5-6-13-24-21/h2-13,16,23,26H,14-15,17H2,1H3,(H,25,27). The molecule has 1 aromatic heterocycles. The van der Waals surface area contributed by atoms with E-state index in [0.29, 0.717) is 13.2 Å². The third-order valence-corrected chi connectivity index (χ3v) is 4.27. The van der Waals surface area contributed by atoms with Gasteiger partial charge >= 0.3 is 0 Å². The molecule has 1 amide bonds. The average molecular weight is 375 g/mol. The van der Waals surface area contributed by atoms with Crippen molar-refractivity contribution in [2.75, 3.05) is 19.7 Å². The molecule has 144 valence electrons. The average Bonchev–Trinajstić information content (AvgIpc) is 2.73. The van der Waals surface area contributed by atoms with Gasteiger partial charge in [0.1, 0.15) is 12.4 Å². The number of aryl methyl sites for hydroxylation is 1. The zero-order chi connectivity index (χ0) is 19.6. The van der Waals surface area contributed by atoms with Gasteiger partial charge in [-0.3, -0.25) is 15.1 Å². The van der Waals surface area contributed by atoms with Crippen LogP contribution < -0.4 is 15.4 Å². The van der Waals surface area contributed by atoms with Crippen LogP contribution in [0.4, 0.5) is 0 Å². The van der Waals surface area contributed by atoms with Crippen molar-refractivity contribution in [1.29, 1.82) is 0 Å². The van der Waals surface area contributed by atoms with Crippen LogP contribution >= 0.6 is 0 Å². The molecule has 0 saturated carbocycles. The van der Waals surface area contributed by atoms with Crippen LogP contribution in [-0.4, -0.2) is 30.6 Å². The number of rotatable bonds is 9. The van der Waals surface area contributed by atoms with Crippen molar-refractivity contribution in [3.8, 4) is 5.75 Å². The Kier molecular flexibility index (Phi) is 7.15. The number of benzene rings is 2. The topological polar surface area (TPSA) is 63.2 Å². The Morgan fingerprint density at radius 2 is 1.86 bits per heavy atom. The van der Waals surface area contributed by atoms with Gasteiger partial charge in [0.2, 0.25) is 5.91 Å². The van der Waals surface area contributed by atoms with E-state index in [1.807, 2.05) is 79.7 Å². The fraction of sp³-hybridized carbons (Fsp3) is 0.217. The molecule has 1 unspecified atom stereocenters. The first-order valence-electron chi connectivity index (χ1n) is 9.38. The molecular weight excluding hydrogens is 350 g/mol. The highest BCUT2D eigenvalue weighted by Gasteiger charge is 2.15. The van der Waals surface area contributed by atoms with Gasteiger partial charge in [-0.05, 0) is 42.3 Å². The van der Waals surface area contributed by atoms with E-state index in [2.05, 4.69) is 15.6 Å². The number of carbonyl (C=O) groups is 1. The summed E-state index contributed by atoms with van der Waals surface area (Å²) in [6.07, 6.45) is 1.76. The van der Waals surface area contributed by atoms with Crippen molar-refractivity contribution >= 4 is 5.91 Å². The molecule has 0 radical (unpaired) electrons. The van der Waals surface area contributed by atoms with E-state index in [1.165, 1.54) is 0 Å². The summed E-state index contributed by atoms with van der Waals surface area (Å²) in [6.45, 7) is 3.09. The van der Waals surface area contributed by atoms with Crippen molar-refractivity contribution in [2.45, 2.75) is 13.0 Å². The summed E-state index contributed by atoms with van der Waals surface area (Å²) in [5.41, 5.74) is 3.09. The normalized spacial score (nSPS) is 11.6. The highest BCUT2D eigenvalue weighted by atomic mass is 16.5. The Morgan fingerprint density at radius 3 is 2.61 bits per heavy atom. The van der Waals surface area contributed by atoms with Gasteiger partial charge in [0.25, 0.3) is 0 Å². The van der Waals surface area contributed by atoms with E-state index < -0.39 is 0 Å². The fourth-order valence-electron chi connectivity index (χ4n) is 2.91. The minimum atomic E-state index is -0.142. The maximum Gasteiger partial charge on any atom is 0.234 e. The van der Waals surface area contributed by atoms with E-state index in [-0.39, 0.29) is 18.5 Å². The lowest BCUT2D eigenvalue weighted by Gasteiger charge is -2.18. The molecule has 28 heavy (non-hydrogen) atoms. The van der Waals surface area contributed by atoms with Crippen molar-refractivity contribution < 1.29 is 9.53 Å². The third-order valence-electron chi connectivity index (χ3n) is 4.27. The number of carbonyl (C=O) groups excluding carboxylic acids is 1. The molecule has 0 aliphatic carbocycles. The summed E-state index contributed by atoms with van der Waals surface area (Å²) in [5, 5.41) is 6.18. The van der Waals surface area contributed by atoms with Crippen molar-refractivity contribution in [1.82, 2.24) is 15.6 Å². The lowest BCUT2D eigenvalue weighted by Crippen LogP contribution is -2.38. The number of hydrogen-bond acceptors (Lipinski definition) is 4. The van der Waals surface area contributed by atoms with Crippen LogP contribution in [0.2, 0.25) is 0 Å². The third kappa shape index (κ3) is 5.93. The van der Waals surface area contributed by atoms with Gasteiger partial charge in [-0.1, -0.05) is 48.5 Å². The van der Waals surface area contributed by atoms with Gasteiger partial charge in [0.05, 0.1) is 24.8 Å². The van der Waals surface area contributed by atoms with Crippen LogP contribution in [0.25, 0.3) is 0 Å². The number of pyridine rings is 1. The molecule has 5 heteroatoms. The smallest absolute Gasteiger partial charge is 0.234 e. The van der Waals surface area contributed by atoms with Crippen LogP contribution in [0.15, 0.2) is 79.0 Å². The Hall–Kier alpha value is -3.18. The highest BCUT2D eigenvalue weighted by molar-refractivity contribution is 5.78. The van der Waals surface area contributed by atoms with E-state index >= 15 is 0 Å². The highest BCUT2D eigenvalue weighted by Crippen LogP contribution is 2.19. The molecule has 1 heterocycles. The van der Waals surface area contributed by atoms with Gasteiger partial charge in [-0.25, -0.2) is 0 Å². The summed E-state index contributed by atoms with van der Waals surface area (Å²) < 4.78 is 5.66. The molecule has 0 bridgehead atoms. The molecule has 2 aromatic carbocycles. The van der Waals surface area contributed by atoms with Crippen molar-refractivity contribution in [2.24, 2.45) is 0 Å². The summed E-state index contributed by atoms with van der Waals surface area (Å²) in [5.74, 6) is 0.733. The van der Waals surface area contributed by atoms with Gasteiger partial charge in [-0.2, -0.15) is 0 Å². The predicted molar refractivity (Wildman–Crippen MR) is 110 cm³/mol. The summed E-state index contributed by atoms with van der Waals surface area (Å²) in [4.78, 5) is 16.7. The Balaban J connectivity index is 1.48. The predicted octanol–water partition coefficient (Wildman–Crippen LogP) is 3.26. The summed E-state index contributed by atoms with van der Waals surface area (Å²) >= 11 is 0. The van der Waals surface area contributed by atoms with Gasteiger partial charge < -0.3 is 10.1 Å². The number of amides is 1. The minimum absolute atomic E-state index is 0.0790. The van der Waals surface area contributed by atoms with Crippen LogP contribution in [-0.2, 0) is 4.79 Å². The Bertz CT molecular complexity index is 830. The van der Waals surface area contributed by atoms with Crippen LogP contribution in [0.3, 0.4) is 0 Å². The summed E-state index contributed by atoms with van der Waals surface area (Å²) in [6, 6.07) is 23.5. The fourth-order valence-corrected chi connectivity index (χ4v) is 2.91. The molecule has 0 aliphatic heterocycles. The minimum Gasteiger partial charge on any atom is -0.492 e. The molecule has 5 nitrogen and oxygen atoms in total. The lowest BCUT2D eigenvalue weighted by atomic mass is 10.0. The number of ether oxygens (including phenoxy) is 1. The first-order valence-corrected chi connectivity index (χ1v) is 9.38. The molecule has 0 saturated heterocycles. The second kappa shape index (κ2) is 10.2. The number of hydrogen-bond donors (Lipinski definition) is 2. The largest absolute Gasteiger partial charge is 0.492 e. The van der Waals surface area contributed by atoms with Gasteiger partial charge in [-0.15, -0.1) is 0 Å². The molecule has 3 aromatic rings. The van der Waals surface area contributed by atoms with E-state index in [0.717, 1.165) is 22.6 Å². The second-order valence-corrected chi connectivity index (χ2v) is 6.49. The van der Waals surface area contributed by atoms with Crippen LogP contribution in [0, 0.1) is 6.92 Å². The molecule has 0 spiro atoms. The zero-order valence-electron chi connectivity index (χ0n) is 16.0. The first-order chi connectivity index (χ1) is 13.7. The molecule has 1 atom stereocenters. The lowest BCUT2D eigenvalue weighted by molar-refractivity contribution is -0.120. The van der Waals surface area contributed by atoms with E-state index in [9.17, 15) is 4.79 Å². The molecule has 0 fully saturated rings. The SMILES string of the molecule is Cc1cccc(OCCNC(=O)CNC(c2ccccc2)c2ccccn2)c1. The Morgan fingerprint density at radius 1 is 1.04 bits per heavy atom. The number of aromatic nitrogens is 1. The summed E-state index contributed by atoms with van der Waals surface area (Å²) in [7, 11) is 0. The van der Waals surface area contributed by atoms with Crippen LogP contribution in [0.1, 0.15) is 22.9 Å². The first kappa shape index (κ1) is 19.6. The van der Waals surface area contributed by atoms with Gasteiger partial charge in [0, 0.05) is 6.20 Å². The monoisotopic (exact) mass is 375 g/mol. The van der Waals surface area contributed by atoms with E-state index in [1.54, 1.807) is 6.20 Å². The molecule has 2 N–H and O–H groups in total. The Labute approximate surface area is 165 Å². The molecular formula is C23H25N3O2. The molecule has 0 aliphatic rings. The van der Waals surface area contributed by atoms with Crippen molar-refractivity contribution in [3.63, 3.8) is 0 Å². The second-order valence-electron chi connectivity index (χ2n) is 6.49. The van der Waals surface area contributed by atoms with E-state index in [4.69, 9.17) is 4.74 Å².